The number of carbonyl (C=O) groups is 1. The zero-order valence-corrected chi connectivity index (χ0v) is 17.9. The Balaban J connectivity index is 1.66. The third kappa shape index (κ3) is 4.08. The molecule has 31 heavy (non-hydrogen) atoms. The number of rotatable bonds is 6. The van der Waals surface area contributed by atoms with Crippen molar-refractivity contribution in [1.82, 2.24) is 9.47 Å². The molecule has 4 rings (SSSR count). The van der Waals surface area contributed by atoms with E-state index in [1.807, 2.05) is 6.07 Å². The summed E-state index contributed by atoms with van der Waals surface area (Å²) in [5, 5.41) is 0. The number of ether oxygens (including phenoxy) is 1. The van der Waals surface area contributed by atoms with Gasteiger partial charge in [-0.3, -0.25) is 13.7 Å². The predicted molar refractivity (Wildman–Crippen MR) is 115 cm³/mol. The van der Waals surface area contributed by atoms with Gasteiger partial charge < -0.3 is 14.1 Å². The Hall–Kier alpha value is -3.11. The number of anilines is 1. The molecule has 0 unspecified atom stereocenters. The van der Waals surface area contributed by atoms with Crippen LogP contribution in [0, 0.1) is 0 Å². The summed E-state index contributed by atoms with van der Waals surface area (Å²) in [5.74, 6) is -0.924. The molecule has 1 amide bonds. The summed E-state index contributed by atoms with van der Waals surface area (Å²) in [4.78, 5) is 26.5. The predicted octanol–water partition coefficient (Wildman–Crippen LogP) is 1.67. The molecule has 9 nitrogen and oxygen atoms in total. The lowest BCUT2D eigenvalue weighted by Gasteiger charge is -2.26. The van der Waals surface area contributed by atoms with Crippen molar-refractivity contribution < 1.29 is 22.4 Å². The number of nitrogens with zero attached hydrogens (tertiary/aromatic N) is 3. The highest BCUT2D eigenvalue weighted by Gasteiger charge is 2.26. The number of amides is 1. The van der Waals surface area contributed by atoms with Gasteiger partial charge in [0.25, 0.3) is 10.0 Å². The standard InChI is InChI=1S/C21H23N3O6S/c1-2-24(16-6-4-3-5-7-16)31(27,28)17-8-9-18-19(14-17)30-21(26)23(18)15-20(25)22-10-12-29-13-11-22/h3-9,14H,2,10-13,15H2,1H3. The fraction of sp³-hybridized carbons (Fsp3) is 0.333. The van der Waals surface area contributed by atoms with E-state index in [1.165, 1.54) is 27.1 Å². The van der Waals surface area contributed by atoms with Crippen molar-refractivity contribution in [3.05, 3.63) is 59.1 Å². The van der Waals surface area contributed by atoms with Crippen molar-refractivity contribution >= 4 is 32.7 Å². The fourth-order valence-corrected chi connectivity index (χ4v) is 5.11. The van der Waals surface area contributed by atoms with Gasteiger partial charge in [-0.2, -0.15) is 0 Å². The fourth-order valence-electron chi connectivity index (χ4n) is 3.62. The lowest BCUT2D eigenvalue weighted by atomic mass is 10.3. The van der Waals surface area contributed by atoms with Gasteiger partial charge in [-0.15, -0.1) is 0 Å². The second kappa shape index (κ2) is 8.56. The molecular formula is C21H23N3O6S. The van der Waals surface area contributed by atoms with Crippen LogP contribution in [0.4, 0.5) is 5.69 Å². The van der Waals surface area contributed by atoms with Crippen LogP contribution in [-0.2, 0) is 26.1 Å². The average Bonchev–Trinajstić information content (AvgIpc) is 3.09. The van der Waals surface area contributed by atoms with E-state index in [0.717, 1.165) is 0 Å². The van der Waals surface area contributed by atoms with E-state index in [2.05, 4.69) is 0 Å². The van der Waals surface area contributed by atoms with E-state index >= 15 is 0 Å². The molecule has 1 fully saturated rings. The van der Waals surface area contributed by atoms with E-state index < -0.39 is 15.8 Å². The van der Waals surface area contributed by atoms with Gasteiger partial charge in [0.1, 0.15) is 6.54 Å². The minimum absolute atomic E-state index is 0.00566. The van der Waals surface area contributed by atoms with Crippen LogP contribution < -0.4 is 10.1 Å². The van der Waals surface area contributed by atoms with E-state index in [0.29, 0.717) is 37.5 Å². The number of hydrogen-bond donors (Lipinski definition) is 0. The van der Waals surface area contributed by atoms with Gasteiger partial charge in [0.05, 0.1) is 29.3 Å². The number of benzene rings is 2. The largest absolute Gasteiger partial charge is 0.420 e. The van der Waals surface area contributed by atoms with Crippen LogP contribution in [0.25, 0.3) is 11.1 Å². The third-order valence-corrected chi connectivity index (χ3v) is 7.12. The molecule has 1 saturated heterocycles. The summed E-state index contributed by atoms with van der Waals surface area (Å²) in [6.07, 6.45) is 0. The molecular weight excluding hydrogens is 422 g/mol. The van der Waals surface area contributed by atoms with Crippen molar-refractivity contribution in [2.45, 2.75) is 18.4 Å². The highest BCUT2D eigenvalue weighted by Crippen LogP contribution is 2.26. The van der Waals surface area contributed by atoms with Crippen molar-refractivity contribution in [3.8, 4) is 0 Å². The summed E-state index contributed by atoms with van der Waals surface area (Å²) in [6, 6.07) is 13.0. The smallest absolute Gasteiger partial charge is 0.408 e. The van der Waals surface area contributed by atoms with E-state index in [4.69, 9.17) is 9.15 Å². The Bertz CT molecular complexity index is 1240. The first-order valence-electron chi connectivity index (χ1n) is 9.98. The minimum atomic E-state index is -3.87. The van der Waals surface area contributed by atoms with E-state index in [1.54, 1.807) is 36.1 Å². The molecule has 3 aromatic rings. The second-order valence-electron chi connectivity index (χ2n) is 7.08. The van der Waals surface area contributed by atoms with Crippen LogP contribution in [0.5, 0.6) is 0 Å². The zero-order valence-electron chi connectivity index (χ0n) is 17.1. The molecule has 0 saturated carbocycles. The topological polar surface area (TPSA) is 102 Å². The number of para-hydroxylation sites is 1. The number of aromatic nitrogens is 1. The molecule has 2 heterocycles. The van der Waals surface area contributed by atoms with Crippen molar-refractivity contribution in [2.24, 2.45) is 0 Å². The van der Waals surface area contributed by atoms with Gasteiger partial charge in [-0.1, -0.05) is 18.2 Å². The first-order valence-corrected chi connectivity index (χ1v) is 11.4. The first kappa shape index (κ1) is 21.1. The van der Waals surface area contributed by atoms with Gasteiger partial charge in [0.15, 0.2) is 5.58 Å². The quantitative estimate of drug-likeness (QED) is 0.572. The molecule has 2 aromatic carbocycles. The number of carbonyl (C=O) groups excluding carboxylic acids is 1. The normalized spacial score (nSPS) is 14.7. The Kier molecular flexibility index (Phi) is 5.84. The molecule has 164 valence electrons. The maximum absolute atomic E-state index is 13.2. The number of hydrogen-bond acceptors (Lipinski definition) is 6. The molecule has 0 atom stereocenters. The average molecular weight is 445 g/mol. The summed E-state index contributed by atoms with van der Waals surface area (Å²) in [6.45, 7) is 3.67. The number of oxazole rings is 1. The third-order valence-electron chi connectivity index (χ3n) is 5.22. The monoisotopic (exact) mass is 445 g/mol. The number of sulfonamides is 1. The Morgan fingerprint density at radius 3 is 2.48 bits per heavy atom. The highest BCUT2D eigenvalue weighted by atomic mass is 32.2. The first-order chi connectivity index (χ1) is 14.9. The highest BCUT2D eigenvalue weighted by molar-refractivity contribution is 7.92. The zero-order chi connectivity index (χ0) is 22.0. The maximum Gasteiger partial charge on any atom is 0.420 e. The Labute approximate surface area is 179 Å². The molecule has 1 aliphatic rings. The number of morpholine rings is 1. The minimum Gasteiger partial charge on any atom is -0.408 e. The van der Waals surface area contributed by atoms with Gasteiger partial charge in [0, 0.05) is 25.7 Å². The summed E-state index contributed by atoms with van der Waals surface area (Å²) >= 11 is 0. The van der Waals surface area contributed by atoms with Crippen molar-refractivity contribution in [1.29, 1.82) is 0 Å². The SMILES string of the molecule is CCN(c1ccccc1)S(=O)(=O)c1ccc2c(c1)oc(=O)n2CC(=O)N1CCOCC1. The second-order valence-corrected chi connectivity index (χ2v) is 8.94. The number of fused-ring (bicyclic) bond motifs is 1. The van der Waals surface area contributed by atoms with Crippen LogP contribution in [0.2, 0.25) is 0 Å². The van der Waals surface area contributed by atoms with Gasteiger partial charge in [0.2, 0.25) is 5.91 Å². The van der Waals surface area contributed by atoms with Gasteiger partial charge in [-0.05, 0) is 31.2 Å². The van der Waals surface area contributed by atoms with Crippen LogP contribution in [0.3, 0.4) is 0 Å². The molecule has 0 bridgehead atoms. The van der Waals surface area contributed by atoms with Crippen LogP contribution in [-0.4, -0.2) is 56.6 Å². The maximum atomic E-state index is 13.2. The molecule has 0 aliphatic carbocycles. The van der Waals surface area contributed by atoms with Crippen LogP contribution in [0.1, 0.15) is 6.92 Å². The van der Waals surface area contributed by atoms with Gasteiger partial charge >= 0.3 is 5.76 Å². The lowest BCUT2D eigenvalue weighted by Crippen LogP contribution is -2.43. The van der Waals surface area contributed by atoms with Crippen LogP contribution in [0.15, 0.2) is 62.6 Å². The molecule has 0 spiro atoms. The van der Waals surface area contributed by atoms with E-state index in [9.17, 15) is 18.0 Å². The summed E-state index contributed by atoms with van der Waals surface area (Å²) in [5.41, 5.74) is 1.03. The van der Waals surface area contributed by atoms with Crippen LogP contribution >= 0.6 is 0 Å². The van der Waals surface area contributed by atoms with Crippen molar-refractivity contribution in [3.63, 3.8) is 0 Å². The van der Waals surface area contributed by atoms with Gasteiger partial charge in [-0.25, -0.2) is 13.2 Å². The summed E-state index contributed by atoms with van der Waals surface area (Å²) < 4.78 is 39.4. The Morgan fingerprint density at radius 2 is 1.81 bits per heavy atom. The molecule has 1 aliphatic heterocycles. The molecule has 0 radical (unpaired) electrons. The van der Waals surface area contributed by atoms with E-state index in [-0.39, 0.29) is 29.5 Å². The Morgan fingerprint density at radius 1 is 1.10 bits per heavy atom. The van der Waals surface area contributed by atoms with Crippen molar-refractivity contribution in [2.75, 3.05) is 37.2 Å². The molecule has 10 heteroatoms. The summed E-state index contributed by atoms with van der Waals surface area (Å²) in [7, 11) is -3.87. The molecule has 1 aromatic heterocycles. The lowest BCUT2D eigenvalue weighted by molar-refractivity contribution is -0.135. The molecule has 0 N–H and O–H groups in total.